The van der Waals surface area contributed by atoms with Gasteiger partial charge in [-0.25, -0.2) is 14.6 Å². The lowest BCUT2D eigenvalue weighted by Gasteiger charge is -2.14. The van der Waals surface area contributed by atoms with E-state index in [1.165, 1.54) is 7.11 Å². The average Bonchev–Trinajstić information content (AvgIpc) is 3.30. The lowest BCUT2D eigenvalue weighted by molar-refractivity contribution is 0.0600. The number of fused-ring (bicyclic) bond motifs is 1. The van der Waals surface area contributed by atoms with Crippen LogP contribution in [0.5, 0.6) is 0 Å². The fourth-order valence-electron chi connectivity index (χ4n) is 4.16. The van der Waals surface area contributed by atoms with Crippen molar-refractivity contribution in [3.63, 3.8) is 0 Å². The molecule has 1 aromatic carbocycles. The molecule has 0 saturated heterocycles. The number of unbranched alkanes of at least 4 members (excludes halogenated alkanes) is 1. The third-order valence-electron chi connectivity index (χ3n) is 5.75. The molecular formula is C25H22BrClN2O5. The number of aromatic carboxylic acids is 1. The van der Waals surface area contributed by atoms with E-state index < -0.39 is 11.9 Å². The molecule has 2 heterocycles. The number of esters is 1. The van der Waals surface area contributed by atoms with Crippen LogP contribution in [0.2, 0.25) is 5.15 Å². The van der Waals surface area contributed by atoms with Gasteiger partial charge in [0.25, 0.3) is 0 Å². The number of ether oxygens (including phenoxy) is 1. The van der Waals surface area contributed by atoms with Crippen molar-refractivity contribution in [3.8, 4) is 22.3 Å². The molecular weight excluding hydrogens is 524 g/mol. The second-order valence-electron chi connectivity index (χ2n) is 7.75. The molecule has 7 nitrogen and oxygen atoms in total. The predicted octanol–water partition coefficient (Wildman–Crippen LogP) is 6.54. The van der Waals surface area contributed by atoms with Crippen molar-refractivity contribution in [2.45, 2.75) is 32.7 Å². The largest absolute Gasteiger partial charge is 0.476 e. The van der Waals surface area contributed by atoms with E-state index in [0.29, 0.717) is 23.4 Å². The third kappa shape index (κ3) is 4.23. The lowest BCUT2D eigenvalue weighted by Crippen LogP contribution is -2.14. The number of carbonyl (C=O) groups is 2. The van der Waals surface area contributed by atoms with Gasteiger partial charge in [0, 0.05) is 22.0 Å². The highest BCUT2D eigenvalue weighted by atomic mass is 79.9. The molecule has 34 heavy (non-hydrogen) atoms. The quantitative estimate of drug-likeness (QED) is 0.253. The maximum Gasteiger partial charge on any atom is 0.355 e. The molecule has 0 saturated carbocycles. The van der Waals surface area contributed by atoms with Gasteiger partial charge in [0.15, 0.2) is 10.8 Å². The zero-order valence-electron chi connectivity index (χ0n) is 18.6. The minimum Gasteiger partial charge on any atom is -0.476 e. The van der Waals surface area contributed by atoms with Crippen molar-refractivity contribution in [3.05, 3.63) is 75.1 Å². The summed E-state index contributed by atoms with van der Waals surface area (Å²) in [6, 6.07) is 8.96. The number of aryl methyl sites for hydroxylation is 1. The van der Waals surface area contributed by atoms with Crippen LogP contribution in [0.1, 0.15) is 52.0 Å². The van der Waals surface area contributed by atoms with Crippen LogP contribution < -0.4 is 0 Å². The molecule has 0 radical (unpaired) electrons. The molecule has 1 aromatic heterocycles. The van der Waals surface area contributed by atoms with Gasteiger partial charge in [0.05, 0.1) is 31.7 Å². The minimum atomic E-state index is -1.15. The van der Waals surface area contributed by atoms with E-state index in [1.54, 1.807) is 29.2 Å². The lowest BCUT2D eigenvalue weighted by atomic mass is 9.97. The molecule has 9 heteroatoms. The van der Waals surface area contributed by atoms with Crippen LogP contribution in [-0.2, 0) is 17.7 Å². The highest BCUT2D eigenvalue weighted by molar-refractivity contribution is 9.10. The number of nitrogens with zero attached hydrogens (tertiary/aromatic N) is 2. The normalized spacial score (nSPS) is 11.2. The standard InChI is InChI=1S/C25H22BrClN2O5/c1-3-4-9-19-28-23(27)22(24(30)31)29(19)12-17-14-10-11-34-13-18(14)21(26)20(17)15-7-5-6-8-16(15)25(32)33-2/h5-8,10-11,13H,3-4,9,12H2,1-2H3,(H,30,31). The first kappa shape index (κ1) is 24.0. The number of imidazole rings is 1. The molecule has 0 atom stereocenters. The van der Waals surface area contributed by atoms with Crippen molar-refractivity contribution in [1.29, 1.82) is 0 Å². The maximum atomic E-state index is 12.6. The van der Waals surface area contributed by atoms with Crippen LogP contribution in [0.4, 0.5) is 0 Å². The van der Waals surface area contributed by atoms with Crippen LogP contribution in [0, 0.1) is 0 Å². The molecule has 0 spiro atoms. The summed E-state index contributed by atoms with van der Waals surface area (Å²) in [7, 11) is 1.34. The Balaban J connectivity index is 1.99. The van der Waals surface area contributed by atoms with Crippen LogP contribution in [0.25, 0.3) is 22.3 Å². The fraction of sp³-hybridized carbons (Fsp3) is 0.240. The van der Waals surface area contributed by atoms with Gasteiger partial charge >= 0.3 is 11.9 Å². The third-order valence-corrected chi connectivity index (χ3v) is 6.84. The minimum absolute atomic E-state index is 0.0416. The van der Waals surface area contributed by atoms with Crippen LogP contribution >= 0.6 is 27.5 Å². The summed E-state index contributed by atoms with van der Waals surface area (Å²) in [5.41, 5.74) is 4.20. The molecule has 4 rings (SSSR count). The Morgan fingerprint density at radius 3 is 2.68 bits per heavy atom. The van der Waals surface area contributed by atoms with Crippen molar-refractivity contribution in [1.82, 2.24) is 9.55 Å². The molecule has 0 unspecified atom stereocenters. The Morgan fingerprint density at radius 1 is 1.21 bits per heavy atom. The number of rotatable bonds is 8. The Morgan fingerprint density at radius 2 is 1.97 bits per heavy atom. The summed E-state index contributed by atoms with van der Waals surface area (Å²) in [6.45, 7) is 2.25. The Hall–Kier alpha value is -3.10. The molecule has 1 aliphatic heterocycles. The molecule has 2 aliphatic rings. The Kier molecular flexibility index (Phi) is 7.09. The second-order valence-corrected chi connectivity index (χ2v) is 8.90. The Labute approximate surface area is 209 Å². The zero-order valence-corrected chi connectivity index (χ0v) is 20.9. The number of hydrogen-bond acceptors (Lipinski definition) is 5. The van der Waals surface area contributed by atoms with Crippen molar-refractivity contribution < 1.29 is 23.8 Å². The molecule has 2 aromatic rings. The van der Waals surface area contributed by atoms with Crippen molar-refractivity contribution in [2.75, 3.05) is 7.11 Å². The number of hydrogen-bond donors (Lipinski definition) is 1. The molecule has 0 fully saturated rings. The van der Waals surface area contributed by atoms with E-state index in [2.05, 4.69) is 27.8 Å². The maximum absolute atomic E-state index is 12.6. The zero-order chi connectivity index (χ0) is 24.4. The smallest absolute Gasteiger partial charge is 0.355 e. The van der Waals surface area contributed by atoms with E-state index in [-0.39, 0.29) is 17.4 Å². The number of carbonyl (C=O) groups excluding carboxylic acids is 1. The molecule has 0 bridgehead atoms. The number of aromatic nitrogens is 2. The van der Waals surface area contributed by atoms with E-state index >= 15 is 0 Å². The second kappa shape index (κ2) is 10.0. The van der Waals surface area contributed by atoms with E-state index in [1.807, 2.05) is 18.2 Å². The van der Waals surface area contributed by atoms with E-state index in [0.717, 1.165) is 39.6 Å². The molecule has 1 N–H and O–H groups in total. The Bertz CT molecular complexity index is 1340. The van der Waals surface area contributed by atoms with Gasteiger partial charge in [-0.15, -0.1) is 0 Å². The predicted molar refractivity (Wildman–Crippen MR) is 132 cm³/mol. The average molecular weight is 546 g/mol. The van der Waals surface area contributed by atoms with Crippen LogP contribution in [-0.4, -0.2) is 33.7 Å². The molecule has 176 valence electrons. The van der Waals surface area contributed by atoms with E-state index in [4.69, 9.17) is 20.8 Å². The highest BCUT2D eigenvalue weighted by Crippen LogP contribution is 2.47. The van der Waals surface area contributed by atoms with Gasteiger partial charge in [-0.3, -0.25) is 0 Å². The summed E-state index contributed by atoms with van der Waals surface area (Å²) in [4.78, 5) is 29.0. The number of benzene rings is 1. The molecule has 1 aliphatic carbocycles. The first-order valence-corrected chi connectivity index (χ1v) is 11.9. The highest BCUT2D eigenvalue weighted by Gasteiger charge is 2.29. The van der Waals surface area contributed by atoms with Gasteiger partial charge < -0.3 is 18.8 Å². The number of halogens is 2. The fourth-order valence-corrected chi connectivity index (χ4v) is 5.20. The van der Waals surface area contributed by atoms with E-state index in [9.17, 15) is 14.7 Å². The number of carboxylic acids is 1. The van der Waals surface area contributed by atoms with Crippen LogP contribution in [0.3, 0.4) is 0 Å². The monoisotopic (exact) mass is 544 g/mol. The van der Waals surface area contributed by atoms with Gasteiger partial charge in [-0.1, -0.05) is 43.1 Å². The van der Waals surface area contributed by atoms with Gasteiger partial charge in [-0.05, 0) is 51.2 Å². The first-order chi connectivity index (χ1) is 16.4. The van der Waals surface area contributed by atoms with Crippen LogP contribution in [0.15, 0.2) is 51.7 Å². The van der Waals surface area contributed by atoms with Gasteiger partial charge in [-0.2, -0.15) is 0 Å². The van der Waals surface area contributed by atoms with Gasteiger partial charge in [0.1, 0.15) is 5.82 Å². The SMILES string of the molecule is CCCCc1nc(Cl)c(C(=O)O)n1Cc1c2ccocc-2c(Br)c1-c1ccccc1C(=O)OC. The number of carboxylic acid groups (broad SMARTS) is 1. The van der Waals surface area contributed by atoms with Crippen molar-refractivity contribution in [2.24, 2.45) is 0 Å². The summed E-state index contributed by atoms with van der Waals surface area (Å²) in [6.07, 6.45) is 5.54. The summed E-state index contributed by atoms with van der Waals surface area (Å²) in [5, 5.41) is 9.84. The number of methoxy groups -OCH3 is 1. The van der Waals surface area contributed by atoms with Gasteiger partial charge in [0.2, 0.25) is 0 Å². The topological polar surface area (TPSA) is 94.6 Å². The summed E-state index contributed by atoms with van der Waals surface area (Å²) in [5.74, 6) is -1.02. The summed E-state index contributed by atoms with van der Waals surface area (Å²) < 4.78 is 12.8. The summed E-state index contributed by atoms with van der Waals surface area (Å²) >= 11 is 9.95. The van der Waals surface area contributed by atoms with Crippen molar-refractivity contribution >= 4 is 39.5 Å². The molecule has 0 amide bonds. The first-order valence-electron chi connectivity index (χ1n) is 10.7.